The first-order chi connectivity index (χ1) is 9.20. The number of nitrogens with two attached hydrogens (primary N) is 1. The molecule has 0 aliphatic rings. The Kier molecular flexibility index (Phi) is 3.11. The number of aromatic nitrogens is 1. The fourth-order valence-electron chi connectivity index (χ4n) is 1.83. The van der Waals surface area contributed by atoms with Gasteiger partial charge in [0, 0.05) is 16.6 Å². The molecule has 0 spiro atoms. The fourth-order valence-corrected chi connectivity index (χ4v) is 4.60. The lowest BCUT2D eigenvalue weighted by Crippen LogP contribution is -1.87. The number of nitriles is 1. The smallest absolute Gasteiger partial charge is 0.129 e. The summed E-state index contributed by atoms with van der Waals surface area (Å²) in [7, 11) is 0. The van der Waals surface area contributed by atoms with Crippen molar-refractivity contribution in [2.75, 3.05) is 5.73 Å². The lowest BCUT2D eigenvalue weighted by atomic mass is 10.1. The summed E-state index contributed by atoms with van der Waals surface area (Å²) in [6.45, 7) is 1.97. The van der Waals surface area contributed by atoms with Crippen molar-refractivity contribution in [1.29, 1.82) is 5.26 Å². The van der Waals surface area contributed by atoms with Crippen molar-refractivity contribution < 1.29 is 0 Å². The van der Waals surface area contributed by atoms with Crippen LogP contribution in [0, 0.1) is 18.3 Å². The fraction of sp³-hybridized carbons (Fsp3) is 0.0769. The molecule has 0 aromatic carbocycles. The molecule has 3 nitrogen and oxygen atoms in total. The summed E-state index contributed by atoms with van der Waals surface area (Å²) in [5, 5.41) is 12.2. The van der Waals surface area contributed by atoms with Gasteiger partial charge in [0.25, 0.3) is 0 Å². The zero-order chi connectivity index (χ0) is 13.4. The highest BCUT2D eigenvalue weighted by Gasteiger charge is 2.20. The molecule has 0 radical (unpaired) electrons. The van der Waals surface area contributed by atoms with Crippen LogP contribution < -0.4 is 5.73 Å². The first kappa shape index (κ1) is 12.4. The van der Waals surface area contributed by atoms with Crippen LogP contribution in [0.5, 0.6) is 0 Å². The summed E-state index contributed by atoms with van der Waals surface area (Å²) in [5.74, 6) is 0. The number of thiazole rings is 1. The van der Waals surface area contributed by atoms with Crippen molar-refractivity contribution in [1.82, 2.24) is 4.98 Å². The van der Waals surface area contributed by atoms with E-state index in [1.165, 1.54) is 11.3 Å². The molecule has 3 heterocycles. The Balaban J connectivity index is 2.27. The van der Waals surface area contributed by atoms with E-state index in [2.05, 4.69) is 11.1 Å². The van der Waals surface area contributed by atoms with Crippen LogP contribution in [0.3, 0.4) is 0 Å². The molecular weight excluding hydrogens is 294 g/mol. The molecule has 0 saturated heterocycles. The second-order valence-corrected chi connectivity index (χ2v) is 7.08. The third-order valence-electron chi connectivity index (χ3n) is 2.66. The van der Waals surface area contributed by atoms with Crippen molar-refractivity contribution in [2.45, 2.75) is 6.92 Å². The normalized spacial score (nSPS) is 10.5. The second kappa shape index (κ2) is 4.78. The Morgan fingerprint density at radius 3 is 2.74 bits per heavy atom. The number of rotatable bonds is 2. The van der Waals surface area contributed by atoms with Gasteiger partial charge in [0.05, 0.1) is 20.4 Å². The number of thiophene rings is 2. The lowest BCUT2D eigenvalue weighted by Gasteiger charge is -2.00. The standard InChI is InChI=1S/C13H9N3S3/c1-7-16-6-10(18-7)13-11(8-3-2-4-17-8)12(15)9(5-14)19-13/h2-4,6H,15H2,1H3. The maximum absolute atomic E-state index is 9.18. The Bertz CT molecular complexity index is 760. The first-order valence-electron chi connectivity index (χ1n) is 5.49. The molecule has 0 fully saturated rings. The van der Waals surface area contributed by atoms with E-state index in [1.54, 1.807) is 22.7 Å². The van der Waals surface area contributed by atoms with Gasteiger partial charge in [-0.15, -0.1) is 34.0 Å². The molecule has 0 aliphatic carbocycles. The molecule has 0 unspecified atom stereocenters. The van der Waals surface area contributed by atoms with Gasteiger partial charge in [-0.3, -0.25) is 0 Å². The van der Waals surface area contributed by atoms with Gasteiger partial charge in [0.15, 0.2) is 0 Å². The maximum Gasteiger partial charge on any atom is 0.129 e. The quantitative estimate of drug-likeness (QED) is 0.765. The Morgan fingerprint density at radius 1 is 1.32 bits per heavy atom. The molecule has 3 aromatic heterocycles. The Morgan fingerprint density at radius 2 is 2.16 bits per heavy atom. The monoisotopic (exact) mass is 303 g/mol. The Hall–Kier alpha value is -1.68. The highest BCUT2D eigenvalue weighted by molar-refractivity contribution is 7.23. The van der Waals surface area contributed by atoms with Crippen molar-refractivity contribution in [2.24, 2.45) is 0 Å². The lowest BCUT2D eigenvalue weighted by molar-refractivity contribution is 1.30. The molecule has 19 heavy (non-hydrogen) atoms. The zero-order valence-corrected chi connectivity index (χ0v) is 12.5. The number of nitrogens with zero attached hydrogens (tertiary/aromatic N) is 2. The maximum atomic E-state index is 9.18. The number of aryl methyl sites for hydroxylation is 1. The van der Waals surface area contributed by atoms with Gasteiger partial charge in [0.2, 0.25) is 0 Å². The average Bonchev–Trinajstić information content (AvgIpc) is 3.08. The van der Waals surface area contributed by atoms with E-state index in [1.807, 2.05) is 30.6 Å². The summed E-state index contributed by atoms with van der Waals surface area (Å²) >= 11 is 4.70. The number of anilines is 1. The van der Waals surface area contributed by atoms with Crippen molar-refractivity contribution >= 4 is 39.7 Å². The molecule has 0 saturated carbocycles. The number of nitrogen functional groups attached to an aromatic ring is 1. The third-order valence-corrected chi connectivity index (χ3v) is 5.75. The Labute approximate surface area is 122 Å². The highest BCUT2D eigenvalue weighted by Crippen LogP contribution is 2.47. The SMILES string of the molecule is Cc1ncc(-c2sc(C#N)c(N)c2-c2cccs2)s1. The third kappa shape index (κ3) is 2.06. The van der Waals surface area contributed by atoms with E-state index >= 15 is 0 Å². The van der Waals surface area contributed by atoms with Crippen molar-refractivity contribution in [3.05, 3.63) is 33.6 Å². The van der Waals surface area contributed by atoms with Crippen LogP contribution in [0.15, 0.2) is 23.7 Å². The van der Waals surface area contributed by atoms with Gasteiger partial charge >= 0.3 is 0 Å². The van der Waals surface area contributed by atoms with E-state index in [9.17, 15) is 5.26 Å². The van der Waals surface area contributed by atoms with Gasteiger partial charge in [-0.1, -0.05) is 6.07 Å². The molecule has 0 amide bonds. The molecule has 0 atom stereocenters. The molecular formula is C13H9N3S3. The topological polar surface area (TPSA) is 62.7 Å². The van der Waals surface area contributed by atoms with E-state index in [0.717, 1.165) is 25.2 Å². The minimum Gasteiger partial charge on any atom is -0.396 e. The second-order valence-electron chi connectivity index (χ2n) is 3.88. The van der Waals surface area contributed by atoms with Gasteiger partial charge in [-0.05, 0) is 18.4 Å². The van der Waals surface area contributed by atoms with Gasteiger partial charge in [0.1, 0.15) is 10.9 Å². The summed E-state index contributed by atoms with van der Waals surface area (Å²) in [4.78, 5) is 8.06. The predicted molar refractivity (Wildman–Crippen MR) is 82.6 cm³/mol. The van der Waals surface area contributed by atoms with E-state index in [0.29, 0.717) is 10.6 Å². The molecule has 6 heteroatoms. The van der Waals surface area contributed by atoms with Crippen LogP contribution in [-0.4, -0.2) is 4.98 Å². The van der Waals surface area contributed by atoms with Gasteiger partial charge < -0.3 is 5.73 Å². The first-order valence-corrected chi connectivity index (χ1v) is 8.01. The predicted octanol–water partition coefficient (Wildman–Crippen LogP) is 4.36. The van der Waals surface area contributed by atoms with Crippen molar-refractivity contribution in [3.8, 4) is 26.3 Å². The van der Waals surface area contributed by atoms with Crippen LogP contribution in [0.25, 0.3) is 20.2 Å². The summed E-state index contributed by atoms with van der Waals surface area (Å²) in [6.07, 6.45) is 1.85. The van der Waals surface area contributed by atoms with E-state index < -0.39 is 0 Å². The van der Waals surface area contributed by atoms with Crippen LogP contribution in [0.1, 0.15) is 9.88 Å². The minimum atomic E-state index is 0.574. The molecule has 0 aliphatic heterocycles. The molecule has 2 N–H and O–H groups in total. The van der Waals surface area contributed by atoms with Crippen LogP contribution in [0.2, 0.25) is 0 Å². The average molecular weight is 303 g/mol. The van der Waals surface area contributed by atoms with Crippen LogP contribution in [0.4, 0.5) is 5.69 Å². The van der Waals surface area contributed by atoms with Crippen LogP contribution >= 0.6 is 34.0 Å². The van der Waals surface area contributed by atoms with Crippen LogP contribution in [-0.2, 0) is 0 Å². The number of hydrogen-bond acceptors (Lipinski definition) is 6. The minimum absolute atomic E-state index is 0.574. The zero-order valence-electron chi connectivity index (χ0n) is 10.0. The summed E-state index contributed by atoms with van der Waals surface area (Å²) < 4.78 is 0. The van der Waals surface area contributed by atoms with Crippen molar-refractivity contribution in [3.63, 3.8) is 0 Å². The molecule has 0 bridgehead atoms. The molecule has 94 valence electrons. The largest absolute Gasteiger partial charge is 0.396 e. The van der Waals surface area contributed by atoms with E-state index in [4.69, 9.17) is 5.73 Å². The summed E-state index contributed by atoms with van der Waals surface area (Å²) in [5.41, 5.74) is 7.68. The molecule has 3 aromatic rings. The highest BCUT2D eigenvalue weighted by atomic mass is 32.1. The van der Waals surface area contributed by atoms with Gasteiger partial charge in [-0.2, -0.15) is 5.26 Å². The van der Waals surface area contributed by atoms with E-state index in [-0.39, 0.29) is 0 Å². The molecule has 3 rings (SSSR count). The van der Waals surface area contributed by atoms with Gasteiger partial charge in [-0.25, -0.2) is 4.98 Å². The summed E-state index contributed by atoms with van der Waals surface area (Å²) in [6, 6.07) is 6.20. The number of hydrogen-bond donors (Lipinski definition) is 1.